The number of hydrogen-bond acceptors (Lipinski definition) is 5. The first-order chi connectivity index (χ1) is 8.56. The number of rotatable bonds is 5. The Hall–Kier alpha value is -2.05. The zero-order valence-corrected chi connectivity index (χ0v) is 10.0. The summed E-state index contributed by atoms with van der Waals surface area (Å²) in [6.45, 7) is 0. The molecule has 0 aromatic carbocycles. The van der Waals surface area contributed by atoms with Crippen LogP contribution in [-0.4, -0.2) is 33.7 Å². The Balaban J connectivity index is 2.25. The SMILES string of the molecule is COc1c(NC2(CC(=O)O)CCC2)nc[nH]c1=O. The van der Waals surface area contributed by atoms with Gasteiger partial charge in [-0.3, -0.25) is 9.59 Å². The highest BCUT2D eigenvalue weighted by molar-refractivity contribution is 5.70. The summed E-state index contributed by atoms with van der Waals surface area (Å²) >= 11 is 0. The fraction of sp³-hybridized carbons (Fsp3) is 0.545. The van der Waals surface area contributed by atoms with E-state index in [1.807, 2.05) is 0 Å². The number of anilines is 1. The minimum atomic E-state index is -0.869. The second kappa shape index (κ2) is 4.67. The fourth-order valence-corrected chi connectivity index (χ4v) is 2.16. The van der Waals surface area contributed by atoms with Crippen LogP contribution in [0.4, 0.5) is 5.82 Å². The van der Waals surface area contributed by atoms with Crippen molar-refractivity contribution in [2.45, 2.75) is 31.2 Å². The lowest BCUT2D eigenvalue weighted by molar-refractivity contribution is -0.138. The molecular formula is C11H15N3O4. The summed E-state index contributed by atoms with van der Waals surface area (Å²) in [6, 6.07) is 0. The number of methoxy groups -OCH3 is 1. The van der Waals surface area contributed by atoms with E-state index in [2.05, 4.69) is 15.3 Å². The monoisotopic (exact) mass is 253 g/mol. The Morgan fingerprint density at radius 2 is 2.39 bits per heavy atom. The van der Waals surface area contributed by atoms with Crippen LogP contribution in [-0.2, 0) is 4.79 Å². The van der Waals surface area contributed by atoms with Crippen molar-refractivity contribution in [3.05, 3.63) is 16.7 Å². The van der Waals surface area contributed by atoms with Crippen LogP contribution < -0.4 is 15.6 Å². The average molecular weight is 253 g/mol. The number of H-pyrrole nitrogens is 1. The number of aromatic amines is 1. The molecule has 0 unspecified atom stereocenters. The number of carbonyl (C=O) groups is 1. The largest absolute Gasteiger partial charge is 0.489 e. The maximum Gasteiger partial charge on any atom is 0.305 e. The summed E-state index contributed by atoms with van der Waals surface area (Å²) in [5, 5.41) is 12.0. The van der Waals surface area contributed by atoms with Crippen molar-refractivity contribution in [1.82, 2.24) is 9.97 Å². The first kappa shape index (κ1) is 12.4. The topological polar surface area (TPSA) is 104 Å². The normalized spacial score (nSPS) is 16.7. The third kappa shape index (κ3) is 2.29. The van der Waals surface area contributed by atoms with Crippen LogP contribution in [0.1, 0.15) is 25.7 Å². The molecule has 1 heterocycles. The van der Waals surface area contributed by atoms with Crippen molar-refractivity contribution in [3.8, 4) is 5.75 Å². The van der Waals surface area contributed by atoms with Crippen LogP contribution >= 0.6 is 0 Å². The highest BCUT2D eigenvalue weighted by Gasteiger charge is 2.40. The number of aliphatic carboxylic acids is 1. The van der Waals surface area contributed by atoms with Gasteiger partial charge in [-0.15, -0.1) is 0 Å². The van der Waals surface area contributed by atoms with E-state index >= 15 is 0 Å². The average Bonchev–Trinajstić information content (AvgIpc) is 2.25. The molecule has 98 valence electrons. The van der Waals surface area contributed by atoms with E-state index in [1.54, 1.807) is 0 Å². The van der Waals surface area contributed by atoms with Gasteiger partial charge in [-0.1, -0.05) is 0 Å². The summed E-state index contributed by atoms with van der Waals surface area (Å²) < 4.78 is 4.98. The van der Waals surface area contributed by atoms with Crippen molar-refractivity contribution in [2.75, 3.05) is 12.4 Å². The smallest absolute Gasteiger partial charge is 0.305 e. The van der Waals surface area contributed by atoms with Gasteiger partial charge in [0.2, 0.25) is 5.75 Å². The van der Waals surface area contributed by atoms with Crippen molar-refractivity contribution >= 4 is 11.8 Å². The van der Waals surface area contributed by atoms with E-state index in [-0.39, 0.29) is 17.7 Å². The van der Waals surface area contributed by atoms with E-state index in [9.17, 15) is 9.59 Å². The van der Waals surface area contributed by atoms with Gasteiger partial charge < -0.3 is 20.1 Å². The van der Waals surface area contributed by atoms with Crippen LogP contribution in [0.3, 0.4) is 0 Å². The molecule has 18 heavy (non-hydrogen) atoms. The molecule has 1 aromatic heterocycles. The number of aromatic nitrogens is 2. The van der Waals surface area contributed by atoms with Gasteiger partial charge in [0.15, 0.2) is 5.82 Å². The predicted molar refractivity (Wildman–Crippen MR) is 63.9 cm³/mol. The first-order valence-corrected chi connectivity index (χ1v) is 5.68. The van der Waals surface area contributed by atoms with Crippen LogP contribution in [0.15, 0.2) is 11.1 Å². The number of nitrogens with one attached hydrogen (secondary N) is 2. The Morgan fingerprint density at radius 3 is 2.89 bits per heavy atom. The predicted octanol–water partition coefficient (Wildman–Crippen LogP) is 0.588. The molecule has 0 radical (unpaired) electrons. The minimum Gasteiger partial charge on any atom is -0.489 e. The molecule has 0 amide bonds. The molecule has 1 saturated carbocycles. The van der Waals surface area contributed by atoms with Gasteiger partial charge in [-0.05, 0) is 19.3 Å². The molecule has 3 N–H and O–H groups in total. The van der Waals surface area contributed by atoms with Gasteiger partial charge in [0, 0.05) is 5.54 Å². The molecule has 0 saturated heterocycles. The molecule has 1 aromatic rings. The summed E-state index contributed by atoms with van der Waals surface area (Å²) in [4.78, 5) is 28.8. The Morgan fingerprint density at radius 1 is 1.67 bits per heavy atom. The quantitative estimate of drug-likeness (QED) is 0.709. The van der Waals surface area contributed by atoms with Gasteiger partial charge in [-0.2, -0.15) is 0 Å². The number of carboxylic acid groups (broad SMARTS) is 1. The number of nitrogens with zero attached hydrogens (tertiary/aromatic N) is 1. The molecule has 0 atom stereocenters. The lowest BCUT2D eigenvalue weighted by atomic mass is 9.74. The van der Waals surface area contributed by atoms with Crippen molar-refractivity contribution in [1.29, 1.82) is 0 Å². The highest BCUT2D eigenvalue weighted by atomic mass is 16.5. The molecule has 7 nitrogen and oxygen atoms in total. The number of hydrogen-bond donors (Lipinski definition) is 3. The Bertz CT molecular complexity index is 507. The van der Waals surface area contributed by atoms with Crippen molar-refractivity contribution in [2.24, 2.45) is 0 Å². The van der Waals surface area contributed by atoms with Gasteiger partial charge in [0.1, 0.15) is 0 Å². The lowest BCUT2D eigenvalue weighted by Crippen LogP contribution is -2.47. The van der Waals surface area contributed by atoms with Gasteiger partial charge in [0.25, 0.3) is 5.56 Å². The molecule has 1 aliphatic carbocycles. The van der Waals surface area contributed by atoms with E-state index < -0.39 is 11.5 Å². The second-order valence-electron chi connectivity index (χ2n) is 4.44. The lowest BCUT2D eigenvalue weighted by Gasteiger charge is -2.41. The third-order valence-corrected chi connectivity index (χ3v) is 3.20. The maximum absolute atomic E-state index is 11.5. The van der Waals surface area contributed by atoms with E-state index in [0.717, 1.165) is 19.3 Å². The maximum atomic E-state index is 11.5. The molecule has 0 bridgehead atoms. The Kier molecular flexibility index (Phi) is 3.22. The zero-order chi connectivity index (χ0) is 13.2. The minimum absolute atomic E-state index is 0.00460. The summed E-state index contributed by atoms with van der Waals surface area (Å²) in [6.07, 6.45) is 3.73. The van der Waals surface area contributed by atoms with Crippen LogP contribution in [0.25, 0.3) is 0 Å². The van der Waals surface area contributed by atoms with Crippen LogP contribution in [0.2, 0.25) is 0 Å². The van der Waals surface area contributed by atoms with Gasteiger partial charge >= 0.3 is 5.97 Å². The van der Waals surface area contributed by atoms with Crippen LogP contribution in [0.5, 0.6) is 5.75 Å². The summed E-state index contributed by atoms with van der Waals surface area (Å²) in [7, 11) is 1.38. The molecule has 2 rings (SSSR count). The standard InChI is InChI=1S/C11H15N3O4/c1-18-8-9(12-6-13-10(8)17)14-11(3-2-4-11)5-7(15)16/h6H,2-5H2,1H3,(H,15,16)(H2,12,13,14,17). The highest BCUT2D eigenvalue weighted by Crippen LogP contribution is 2.38. The third-order valence-electron chi connectivity index (χ3n) is 3.20. The van der Waals surface area contributed by atoms with Crippen LogP contribution in [0, 0.1) is 0 Å². The molecular weight excluding hydrogens is 238 g/mol. The molecule has 1 aliphatic rings. The number of ether oxygens (including phenoxy) is 1. The first-order valence-electron chi connectivity index (χ1n) is 5.68. The van der Waals surface area contributed by atoms with Gasteiger partial charge in [-0.25, -0.2) is 4.98 Å². The summed E-state index contributed by atoms with van der Waals surface area (Å²) in [5.74, 6) is -0.498. The molecule has 1 fully saturated rings. The number of carboxylic acids is 1. The summed E-state index contributed by atoms with van der Waals surface area (Å²) in [5.41, 5.74) is -0.903. The second-order valence-corrected chi connectivity index (χ2v) is 4.44. The molecule has 0 aliphatic heterocycles. The molecule has 0 spiro atoms. The van der Waals surface area contributed by atoms with E-state index in [0.29, 0.717) is 5.82 Å². The van der Waals surface area contributed by atoms with Gasteiger partial charge in [0.05, 0.1) is 19.9 Å². The molecule has 7 heteroatoms. The fourth-order valence-electron chi connectivity index (χ4n) is 2.16. The van der Waals surface area contributed by atoms with Crippen molar-refractivity contribution < 1.29 is 14.6 Å². The van der Waals surface area contributed by atoms with Crippen molar-refractivity contribution in [3.63, 3.8) is 0 Å². The zero-order valence-electron chi connectivity index (χ0n) is 10.0. The van der Waals surface area contributed by atoms with E-state index in [1.165, 1.54) is 13.4 Å². The Labute approximate surface area is 103 Å². The van der Waals surface area contributed by atoms with E-state index in [4.69, 9.17) is 9.84 Å².